The minimum absolute atomic E-state index is 0.644. The molecule has 0 N–H and O–H groups in total. The van der Waals surface area contributed by atoms with E-state index in [0.717, 1.165) is 32.8 Å². The first-order valence-electron chi connectivity index (χ1n) is 5.88. The smallest absolute Gasteiger partial charge is 0.152 e. The van der Waals surface area contributed by atoms with Gasteiger partial charge >= 0.3 is 0 Å². The van der Waals surface area contributed by atoms with Gasteiger partial charge in [-0.1, -0.05) is 0 Å². The number of benzene rings is 1. The molecule has 1 aromatic carbocycles. The zero-order chi connectivity index (χ0) is 13.4. The first-order chi connectivity index (χ1) is 9.24. The predicted molar refractivity (Wildman–Crippen MR) is 81.1 cm³/mol. The summed E-state index contributed by atoms with van der Waals surface area (Å²) in [5.41, 5.74) is 2.58. The van der Waals surface area contributed by atoms with Crippen molar-refractivity contribution in [3.8, 4) is 16.8 Å². The summed E-state index contributed by atoms with van der Waals surface area (Å²) in [4.78, 5) is 5.81. The minimum Gasteiger partial charge on any atom is -0.324 e. The largest absolute Gasteiger partial charge is 0.324 e. The molecule has 0 amide bonds. The molecule has 0 aliphatic carbocycles. The van der Waals surface area contributed by atoms with Crippen molar-refractivity contribution in [1.29, 1.82) is 5.26 Å². The van der Waals surface area contributed by atoms with E-state index in [9.17, 15) is 0 Å². The maximum Gasteiger partial charge on any atom is 0.152 e. The molecule has 2 heterocycles. The number of thiophene rings is 1. The highest BCUT2D eigenvalue weighted by Gasteiger charge is 2.15. The number of aryl methyl sites for hydroxylation is 1. The number of rotatable bonds is 2. The van der Waals surface area contributed by atoms with Crippen LogP contribution in [0.25, 0.3) is 21.7 Å². The molecule has 0 aliphatic heterocycles. The van der Waals surface area contributed by atoms with Crippen molar-refractivity contribution in [3.05, 3.63) is 39.7 Å². The Balaban J connectivity index is 2.31. The van der Waals surface area contributed by atoms with Gasteiger partial charge in [-0.05, 0) is 52.5 Å². The Morgan fingerprint density at radius 1 is 1.42 bits per heavy atom. The number of nitrogens with zero attached hydrogens (tertiary/aromatic N) is 3. The molecule has 0 unspecified atom stereocenters. The second-order valence-corrected chi connectivity index (χ2v) is 5.86. The van der Waals surface area contributed by atoms with Crippen LogP contribution in [0.2, 0.25) is 0 Å². The quantitative estimate of drug-likeness (QED) is 0.697. The number of aromatic nitrogens is 2. The molecule has 0 atom stereocenters. The number of halogens is 1. The minimum atomic E-state index is 0.644. The molecule has 0 spiro atoms. The lowest BCUT2D eigenvalue weighted by Gasteiger charge is -2.04. The normalized spacial score (nSPS) is 10.8. The Bertz CT molecular complexity index is 795. The highest BCUT2D eigenvalue weighted by atomic mass is 79.9. The Morgan fingerprint density at radius 3 is 2.89 bits per heavy atom. The summed E-state index contributed by atoms with van der Waals surface area (Å²) in [6.45, 7) is 2.95. The van der Waals surface area contributed by atoms with E-state index in [-0.39, 0.29) is 0 Å². The summed E-state index contributed by atoms with van der Waals surface area (Å²) in [5.74, 6) is 0.953. The topological polar surface area (TPSA) is 41.6 Å². The van der Waals surface area contributed by atoms with E-state index in [1.165, 1.54) is 0 Å². The molecule has 0 saturated carbocycles. The molecule has 2 aromatic heterocycles. The average Bonchev–Trinajstić information content (AvgIpc) is 3.00. The van der Waals surface area contributed by atoms with Crippen molar-refractivity contribution < 1.29 is 0 Å². The Kier molecular flexibility index (Phi) is 3.13. The van der Waals surface area contributed by atoms with Gasteiger partial charge in [0.1, 0.15) is 0 Å². The molecule has 0 radical (unpaired) electrons. The van der Waals surface area contributed by atoms with Crippen LogP contribution in [0.4, 0.5) is 0 Å². The molecule has 0 bridgehead atoms. The SMILES string of the molecule is CCn1c(-c2sccc2Br)nc2cc(C#N)ccc21. The lowest BCUT2D eigenvalue weighted by Crippen LogP contribution is -1.96. The Morgan fingerprint density at radius 2 is 2.26 bits per heavy atom. The summed E-state index contributed by atoms with van der Waals surface area (Å²) >= 11 is 5.22. The van der Waals surface area contributed by atoms with Crippen LogP contribution >= 0.6 is 27.3 Å². The number of fused-ring (bicyclic) bond motifs is 1. The molecular weight excluding hydrogens is 322 g/mol. The van der Waals surface area contributed by atoms with Crippen LogP contribution in [0.5, 0.6) is 0 Å². The van der Waals surface area contributed by atoms with E-state index in [1.54, 1.807) is 11.3 Å². The second kappa shape index (κ2) is 4.80. The van der Waals surface area contributed by atoms with Crippen molar-refractivity contribution in [2.24, 2.45) is 0 Å². The highest BCUT2D eigenvalue weighted by Crippen LogP contribution is 2.34. The average molecular weight is 332 g/mol. The Labute approximate surface area is 123 Å². The first-order valence-corrected chi connectivity index (χ1v) is 7.55. The molecule has 0 saturated heterocycles. The van der Waals surface area contributed by atoms with Gasteiger partial charge in [-0.15, -0.1) is 11.3 Å². The van der Waals surface area contributed by atoms with Gasteiger partial charge in [0.2, 0.25) is 0 Å². The fourth-order valence-electron chi connectivity index (χ4n) is 2.15. The molecular formula is C14H10BrN3S. The Hall–Kier alpha value is -1.64. The third kappa shape index (κ3) is 1.97. The third-order valence-corrected chi connectivity index (χ3v) is 4.85. The van der Waals surface area contributed by atoms with Gasteiger partial charge in [-0.25, -0.2) is 4.98 Å². The van der Waals surface area contributed by atoms with E-state index < -0.39 is 0 Å². The van der Waals surface area contributed by atoms with Crippen LogP contribution < -0.4 is 0 Å². The fraction of sp³-hybridized carbons (Fsp3) is 0.143. The van der Waals surface area contributed by atoms with Gasteiger partial charge in [-0.2, -0.15) is 5.26 Å². The van der Waals surface area contributed by atoms with E-state index in [4.69, 9.17) is 5.26 Å². The molecule has 3 nitrogen and oxygen atoms in total. The number of hydrogen-bond acceptors (Lipinski definition) is 3. The van der Waals surface area contributed by atoms with Crippen molar-refractivity contribution in [2.75, 3.05) is 0 Å². The molecule has 5 heteroatoms. The van der Waals surface area contributed by atoms with Crippen LogP contribution in [0.1, 0.15) is 12.5 Å². The van der Waals surface area contributed by atoms with Gasteiger partial charge in [0.25, 0.3) is 0 Å². The fourth-order valence-corrected chi connectivity index (χ4v) is 3.69. The maximum atomic E-state index is 8.97. The van der Waals surface area contributed by atoms with Gasteiger partial charge in [-0.3, -0.25) is 0 Å². The molecule has 3 rings (SSSR count). The lowest BCUT2D eigenvalue weighted by atomic mass is 10.2. The van der Waals surface area contributed by atoms with Gasteiger partial charge in [0.15, 0.2) is 5.82 Å². The highest BCUT2D eigenvalue weighted by molar-refractivity contribution is 9.10. The molecule has 0 aliphatic rings. The summed E-state index contributed by atoms with van der Waals surface area (Å²) < 4.78 is 3.23. The number of imidazole rings is 1. The number of nitriles is 1. The zero-order valence-electron chi connectivity index (χ0n) is 10.2. The van der Waals surface area contributed by atoms with Crippen LogP contribution in [-0.2, 0) is 6.54 Å². The summed E-state index contributed by atoms with van der Waals surface area (Å²) in [5, 5.41) is 11.0. The van der Waals surface area contributed by atoms with E-state index in [0.29, 0.717) is 5.56 Å². The monoisotopic (exact) mass is 331 g/mol. The number of hydrogen-bond donors (Lipinski definition) is 0. The third-order valence-electron chi connectivity index (χ3n) is 3.01. The summed E-state index contributed by atoms with van der Waals surface area (Å²) in [7, 11) is 0. The van der Waals surface area contributed by atoms with E-state index in [1.807, 2.05) is 29.6 Å². The van der Waals surface area contributed by atoms with Gasteiger partial charge in [0, 0.05) is 11.0 Å². The van der Waals surface area contributed by atoms with E-state index >= 15 is 0 Å². The lowest BCUT2D eigenvalue weighted by molar-refractivity contribution is 0.797. The molecule has 94 valence electrons. The van der Waals surface area contributed by atoms with Gasteiger partial charge in [0.05, 0.1) is 27.5 Å². The van der Waals surface area contributed by atoms with Crippen molar-refractivity contribution in [1.82, 2.24) is 9.55 Å². The summed E-state index contributed by atoms with van der Waals surface area (Å²) in [6, 6.07) is 9.83. The second-order valence-electron chi connectivity index (χ2n) is 4.09. The van der Waals surface area contributed by atoms with E-state index in [2.05, 4.69) is 38.5 Å². The van der Waals surface area contributed by atoms with Crippen LogP contribution in [0, 0.1) is 11.3 Å². The van der Waals surface area contributed by atoms with Crippen LogP contribution in [0.3, 0.4) is 0 Å². The molecule has 0 fully saturated rings. The van der Waals surface area contributed by atoms with Gasteiger partial charge < -0.3 is 4.57 Å². The van der Waals surface area contributed by atoms with Crippen molar-refractivity contribution >= 4 is 38.3 Å². The predicted octanol–water partition coefficient (Wildman–Crippen LogP) is 4.42. The van der Waals surface area contributed by atoms with Crippen LogP contribution in [0.15, 0.2) is 34.1 Å². The maximum absolute atomic E-state index is 8.97. The first kappa shape index (κ1) is 12.4. The standard InChI is InChI=1S/C14H10BrN3S/c1-2-18-12-4-3-9(8-16)7-11(12)17-14(18)13-10(15)5-6-19-13/h3-7H,2H2,1H3. The van der Waals surface area contributed by atoms with Crippen molar-refractivity contribution in [3.63, 3.8) is 0 Å². The zero-order valence-corrected chi connectivity index (χ0v) is 12.6. The molecule has 3 aromatic rings. The van der Waals surface area contributed by atoms with Crippen molar-refractivity contribution in [2.45, 2.75) is 13.5 Å². The summed E-state index contributed by atoms with van der Waals surface area (Å²) in [6.07, 6.45) is 0. The molecule has 19 heavy (non-hydrogen) atoms. The van der Waals surface area contributed by atoms with Crippen LogP contribution in [-0.4, -0.2) is 9.55 Å².